The van der Waals surface area contributed by atoms with Crippen LogP contribution in [-0.2, 0) is 22.0 Å². The Morgan fingerprint density at radius 2 is 2.04 bits per heavy atom. The second kappa shape index (κ2) is 7.46. The number of amides is 1. The number of carbonyl (C=O) groups is 1. The average molecular weight is 335 g/mol. The van der Waals surface area contributed by atoms with Gasteiger partial charge in [0.1, 0.15) is 5.76 Å². The minimum atomic E-state index is -3.12. The number of aryl methyl sites for hydroxylation is 1. The summed E-state index contributed by atoms with van der Waals surface area (Å²) < 4.78 is 28.0. The average Bonchev–Trinajstić information content (AvgIpc) is 2.97. The fourth-order valence-electron chi connectivity index (χ4n) is 2.30. The zero-order valence-corrected chi connectivity index (χ0v) is 14.1. The van der Waals surface area contributed by atoms with Gasteiger partial charge in [-0.15, -0.1) is 0 Å². The summed E-state index contributed by atoms with van der Waals surface area (Å²) in [5.74, 6) is 0.621. The van der Waals surface area contributed by atoms with Crippen molar-refractivity contribution in [3.8, 4) is 0 Å². The molecule has 1 aromatic carbocycles. The first kappa shape index (κ1) is 17.3. The zero-order chi connectivity index (χ0) is 16.9. The third kappa shape index (κ3) is 5.90. The van der Waals surface area contributed by atoms with E-state index in [1.165, 1.54) is 6.26 Å². The van der Waals surface area contributed by atoms with Gasteiger partial charge in [-0.3, -0.25) is 4.79 Å². The molecule has 1 N–H and O–H groups in total. The number of hydrogen-bond acceptors (Lipinski definition) is 4. The molecule has 1 amide bonds. The van der Waals surface area contributed by atoms with Gasteiger partial charge < -0.3 is 9.73 Å². The van der Waals surface area contributed by atoms with Crippen LogP contribution in [0.4, 0.5) is 0 Å². The highest BCUT2D eigenvalue weighted by Gasteiger charge is 2.12. The molecule has 1 aromatic heterocycles. The van der Waals surface area contributed by atoms with Gasteiger partial charge in [0.15, 0.2) is 9.84 Å². The van der Waals surface area contributed by atoms with Crippen molar-refractivity contribution in [2.75, 3.05) is 6.26 Å². The van der Waals surface area contributed by atoms with Crippen LogP contribution in [0.15, 0.2) is 47.1 Å². The third-order valence-corrected chi connectivity index (χ3v) is 4.26. The van der Waals surface area contributed by atoms with Gasteiger partial charge in [0.05, 0.1) is 12.0 Å². The molecule has 0 unspecified atom stereocenters. The molecule has 0 aliphatic heterocycles. The maximum absolute atomic E-state index is 12.3. The molecule has 124 valence electrons. The van der Waals surface area contributed by atoms with Crippen molar-refractivity contribution in [3.63, 3.8) is 0 Å². The molecule has 2 rings (SSSR count). The molecule has 6 heteroatoms. The first-order valence-electron chi connectivity index (χ1n) is 7.43. The summed E-state index contributed by atoms with van der Waals surface area (Å²) in [7, 11) is -3.12. The van der Waals surface area contributed by atoms with Crippen LogP contribution >= 0.6 is 0 Å². The van der Waals surface area contributed by atoms with Crippen molar-refractivity contribution in [2.45, 2.75) is 31.6 Å². The Bertz CT molecular complexity index is 751. The minimum Gasteiger partial charge on any atom is -0.469 e. The predicted molar refractivity (Wildman–Crippen MR) is 88.9 cm³/mol. The molecule has 0 aliphatic rings. The fraction of sp³-hybridized carbons (Fsp3) is 0.353. The normalized spacial score (nSPS) is 12.8. The van der Waals surface area contributed by atoms with Crippen molar-refractivity contribution in [1.29, 1.82) is 0 Å². The van der Waals surface area contributed by atoms with Crippen molar-refractivity contribution in [2.24, 2.45) is 0 Å². The third-order valence-electron chi connectivity index (χ3n) is 3.40. The second-order valence-corrected chi connectivity index (χ2v) is 7.90. The highest BCUT2D eigenvalue weighted by atomic mass is 32.2. The maximum Gasteiger partial charge on any atom is 0.251 e. The van der Waals surface area contributed by atoms with E-state index in [0.717, 1.165) is 18.6 Å². The quantitative estimate of drug-likeness (QED) is 0.844. The number of benzene rings is 1. The summed E-state index contributed by atoms with van der Waals surface area (Å²) in [5.41, 5.74) is 1.08. The highest BCUT2D eigenvalue weighted by molar-refractivity contribution is 7.89. The summed E-state index contributed by atoms with van der Waals surface area (Å²) in [6.07, 6.45) is 4.33. The van der Waals surface area contributed by atoms with Crippen LogP contribution in [0.1, 0.15) is 35.0 Å². The molecule has 0 saturated heterocycles. The molecule has 0 bridgehead atoms. The summed E-state index contributed by atoms with van der Waals surface area (Å²) in [6.45, 7) is 1.93. The van der Waals surface area contributed by atoms with Crippen molar-refractivity contribution in [3.05, 3.63) is 59.5 Å². The molecular formula is C17H21NO4S. The van der Waals surface area contributed by atoms with E-state index < -0.39 is 9.84 Å². The fourth-order valence-corrected chi connectivity index (χ4v) is 3.08. The molecule has 0 aliphatic carbocycles. The summed E-state index contributed by atoms with van der Waals surface area (Å²) in [5, 5.41) is 2.92. The number of sulfone groups is 1. The molecule has 1 atom stereocenters. The zero-order valence-electron chi connectivity index (χ0n) is 13.3. The SMILES string of the molecule is C[C@@H](CCc1ccco1)NC(=O)c1cccc(CS(C)(=O)=O)c1. The lowest BCUT2D eigenvalue weighted by Gasteiger charge is -2.13. The number of hydrogen-bond donors (Lipinski definition) is 1. The largest absolute Gasteiger partial charge is 0.469 e. The van der Waals surface area contributed by atoms with Gasteiger partial charge in [0, 0.05) is 24.3 Å². The standard InChI is InChI=1S/C17H21NO4S/c1-13(8-9-16-7-4-10-22-16)18-17(19)15-6-3-5-14(11-15)12-23(2,20)21/h3-7,10-11,13H,8-9,12H2,1-2H3,(H,18,19)/t13-/m0/s1. The van der Waals surface area contributed by atoms with Gasteiger partial charge in [-0.2, -0.15) is 0 Å². The lowest BCUT2D eigenvalue weighted by Crippen LogP contribution is -2.32. The Morgan fingerprint density at radius 3 is 2.70 bits per heavy atom. The van der Waals surface area contributed by atoms with E-state index in [2.05, 4.69) is 5.32 Å². The lowest BCUT2D eigenvalue weighted by atomic mass is 10.1. The summed E-state index contributed by atoms with van der Waals surface area (Å²) in [4.78, 5) is 12.3. The summed E-state index contributed by atoms with van der Waals surface area (Å²) in [6, 6.07) is 10.4. The van der Waals surface area contributed by atoms with Gasteiger partial charge in [0.25, 0.3) is 5.91 Å². The number of furan rings is 1. The van der Waals surface area contributed by atoms with E-state index in [4.69, 9.17) is 4.42 Å². The predicted octanol–water partition coefficient (Wildman–Crippen LogP) is 2.58. The Kier molecular flexibility index (Phi) is 5.60. The minimum absolute atomic E-state index is 0.00818. The first-order chi connectivity index (χ1) is 10.8. The van der Waals surface area contributed by atoms with E-state index in [1.807, 2.05) is 19.1 Å². The molecule has 0 fully saturated rings. The van der Waals surface area contributed by atoms with E-state index in [-0.39, 0.29) is 17.7 Å². The van der Waals surface area contributed by atoms with Crippen LogP contribution in [0.2, 0.25) is 0 Å². The Labute approximate surface area is 136 Å². The number of carbonyl (C=O) groups excluding carboxylic acids is 1. The van der Waals surface area contributed by atoms with Crippen LogP contribution in [-0.4, -0.2) is 26.6 Å². The van der Waals surface area contributed by atoms with Crippen LogP contribution in [0.5, 0.6) is 0 Å². The maximum atomic E-state index is 12.3. The molecule has 1 heterocycles. The number of rotatable bonds is 7. The second-order valence-electron chi connectivity index (χ2n) is 5.76. The summed E-state index contributed by atoms with van der Waals surface area (Å²) >= 11 is 0. The molecule has 0 spiro atoms. The van der Waals surface area contributed by atoms with Crippen LogP contribution in [0.3, 0.4) is 0 Å². The van der Waals surface area contributed by atoms with E-state index in [1.54, 1.807) is 30.5 Å². The molecule has 23 heavy (non-hydrogen) atoms. The Hall–Kier alpha value is -2.08. The smallest absolute Gasteiger partial charge is 0.251 e. The highest BCUT2D eigenvalue weighted by Crippen LogP contribution is 2.10. The first-order valence-corrected chi connectivity index (χ1v) is 9.49. The van der Waals surface area contributed by atoms with Crippen LogP contribution in [0.25, 0.3) is 0 Å². The van der Waals surface area contributed by atoms with Crippen molar-refractivity contribution in [1.82, 2.24) is 5.32 Å². The Morgan fingerprint density at radius 1 is 1.26 bits per heavy atom. The molecule has 2 aromatic rings. The van der Waals surface area contributed by atoms with Gasteiger partial charge in [-0.05, 0) is 43.2 Å². The van der Waals surface area contributed by atoms with Crippen molar-refractivity contribution < 1.29 is 17.6 Å². The van der Waals surface area contributed by atoms with Crippen LogP contribution in [0, 0.1) is 0 Å². The van der Waals surface area contributed by atoms with Crippen LogP contribution < -0.4 is 5.32 Å². The lowest BCUT2D eigenvalue weighted by molar-refractivity contribution is 0.0938. The topological polar surface area (TPSA) is 76.4 Å². The number of nitrogens with one attached hydrogen (secondary N) is 1. The van der Waals surface area contributed by atoms with Gasteiger partial charge in [0.2, 0.25) is 0 Å². The van der Waals surface area contributed by atoms with E-state index in [9.17, 15) is 13.2 Å². The van der Waals surface area contributed by atoms with Gasteiger partial charge in [-0.25, -0.2) is 8.42 Å². The molecular weight excluding hydrogens is 314 g/mol. The molecule has 5 nitrogen and oxygen atoms in total. The van der Waals surface area contributed by atoms with Gasteiger partial charge in [-0.1, -0.05) is 12.1 Å². The van der Waals surface area contributed by atoms with Gasteiger partial charge >= 0.3 is 0 Å². The monoisotopic (exact) mass is 335 g/mol. The van der Waals surface area contributed by atoms with E-state index >= 15 is 0 Å². The van der Waals surface area contributed by atoms with E-state index in [0.29, 0.717) is 11.1 Å². The Balaban J connectivity index is 1.93. The molecule has 0 radical (unpaired) electrons. The van der Waals surface area contributed by atoms with Crippen molar-refractivity contribution >= 4 is 15.7 Å². The molecule has 0 saturated carbocycles.